The van der Waals surface area contributed by atoms with Crippen molar-refractivity contribution in [3.63, 3.8) is 0 Å². The number of unbranched alkanes of at least 4 members (excludes halogenated alkanes) is 4. The predicted molar refractivity (Wildman–Crippen MR) is 98.0 cm³/mol. The van der Waals surface area contributed by atoms with Crippen LogP contribution in [0.1, 0.15) is 57.4 Å². The van der Waals surface area contributed by atoms with Crippen molar-refractivity contribution >= 4 is 6.09 Å². The van der Waals surface area contributed by atoms with Crippen LogP contribution < -0.4 is 5.32 Å². The number of ether oxygens (including phenoxy) is 1. The molecule has 134 valence electrons. The first-order valence-electron chi connectivity index (χ1n) is 9.47. The minimum absolute atomic E-state index is 0.254. The molecule has 1 amide bonds. The van der Waals surface area contributed by atoms with E-state index in [9.17, 15) is 4.79 Å². The Morgan fingerprint density at radius 3 is 2.54 bits per heavy atom. The van der Waals surface area contributed by atoms with Crippen LogP contribution in [-0.2, 0) is 11.3 Å². The number of amides is 1. The lowest BCUT2D eigenvalue weighted by Gasteiger charge is -2.32. The van der Waals surface area contributed by atoms with Crippen LogP contribution in [0.3, 0.4) is 0 Å². The SMILES string of the molecule is CCCCCCCN1CCC(NC(=O)OCc2ccccc2)CC1. The number of carbonyl (C=O) groups excluding carboxylic acids is 1. The van der Waals surface area contributed by atoms with Gasteiger partial charge in [-0.05, 0) is 31.4 Å². The van der Waals surface area contributed by atoms with Gasteiger partial charge in [0.2, 0.25) is 0 Å². The first-order chi connectivity index (χ1) is 11.8. The summed E-state index contributed by atoms with van der Waals surface area (Å²) in [6, 6.07) is 10.0. The zero-order valence-electron chi connectivity index (χ0n) is 15.0. The number of alkyl carbamates (subject to hydrolysis) is 1. The highest BCUT2D eigenvalue weighted by Gasteiger charge is 2.20. The molecule has 0 atom stereocenters. The summed E-state index contributed by atoms with van der Waals surface area (Å²) in [5, 5.41) is 3.01. The summed E-state index contributed by atoms with van der Waals surface area (Å²) in [5.74, 6) is 0. The van der Waals surface area contributed by atoms with Crippen LogP contribution in [0.4, 0.5) is 4.79 Å². The summed E-state index contributed by atoms with van der Waals surface area (Å²) in [5.41, 5.74) is 1.02. The second-order valence-electron chi connectivity index (χ2n) is 6.74. The Morgan fingerprint density at radius 2 is 1.83 bits per heavy atom. The summed E-state index contributed by atoms with van der Waals surface area (Å²) in [6.45, 7) is 5.95. The lowest BCUT2D eigenvalue weighted by Crippen LogP contribution is -2.44. The number of likely N-dealkylation sites (tertiary alicyclic amines) is 1. The molecule has 4 nitrogen and oxygen atoms in total. The zero-order valence-corrected chi connectivity index (χ0v) is 15.0. The Hall–Kier alpha value is -1.55. The molecule has 0 aliphatic carbocycles. The molecule has 1 saturated heterocycles. The highest BCUT2D eigenvalue weighted by atomic mass is 16.5. The Balaban J connectivity index is 1.54. The van der Waals surface area contributed by atoms with Crippen molar-refractivity contribution < 1.29 is 9.53 Å². The summed E-state index contributed by atoms with van der Waals surface area (Å²) in [4.78, 5) is 14.4. The van der Waals surface area contributed by atoms with Gasteiger partial charge in [-0.3, -0.25) is 0 Å². The number of hydrogen-bond donors (Lipinski definition) is 1. The van der Waals surface area contributed by atoms with E-state index in [0.717, 1.165) is 31.5 Å². The van der Waals surface area contributed by atoms with Gasteiger partial charge in [-0.25, -0.2) is 4.79 Å². The molecule has 24 heavy (non-hydrogen) atoms. The lowest BCUT2D eigenvalue weighted by atomic mass is 10.0. The van der Waals surface area contributed by atoms with E-state index in [1.165, 1.54) is 38.6 Å². The van der Waals surface area contributed by atoms with Crippen molar-refractivity contribution in [1.82, 2.24) is 10.2 Å². The maximum atomic E-state index is 11.9. The van der Waals surface area contributed by atoms with Gasteiger partial charge in [-0.15, -0.1) is 0 Å². The molecular formula is C20H32N2O2. The number of benzene rings is 1. The van der Waals surface area contributed by atoms with Gasteiger partial charge in [-0.1, -0.05) is 62.9 Å². The molecule has 0 unspecified atom stereocenters. The van der Waals surface area contributed by atoms with Gasteiger partial charge in [0, 0.05) is 19.1 Å². The molecule has 2 rings (SSSR count). The number of piperidine rings is 1. The Kier molecular flexibility index (Phi) is 8.67. The van der Waals surface area contributed by atoms with Gasteiger partial charge in [0.15, 0.2) is 0 Å². The van der Waals surface area contributed by atoms with Gasteiger partial charge >= 0.3 is 6.09 Å². The molecule has 0 radical (unpaired) electrons. The van der Waals surface area contributed by atoms with E-state index < -0.39 is 0 Å². The van der Waals surface area contributed by atoms with E-state index in [-0.39, 0.29) is 12.1 Å². The van der Waals surface area contributed by atoms with Crippen LogP contribution in [0.5, 0.6) is 0 Å². The Bertz CT molecular complexity index is 456. The van der Waals surface area contributed by atoms with Crippen LogP contribution in [0.15, 0.2) is 30.3 Å². The molecule has 1 N–H and O–H groups in total. The van der Waals surface area contributed by atoms with Crippen molar-refractivity contribution in [1.29, 1.82) is 0 Å². The fraction of sp³-hybridized carbons (Fsp3) is 0.650. The van der Waals surface area contributed by atoms with Crippen molar-refractivity contribution in [2.45, 2.75) is 64.5 Å². The fourth-order valence-electron chi connectivity index (χ4n) is 3.17. The first kappa shape index (κ1) is 18.8. The third kappa shape index (κ3) is 7.35. The maximum absolute atomic E-state index is 11.9. The average molecular weight is 332 g/mol. The Labute approximate surface area is 146 Å². The van der Waals surface area contributed by atoms with Gasteiger partial charge in [0.1, 0.15) is 6.61 Å². The number of carbonyl (C=O) groups is 1. The third-order valence-electron chi connectivity index (χ3n) is 4.70. The highest BCUT2D eigenvalue weighted by Crippen LogP contribution is 2.12. The molecule has 0 aromatic heterocycles. The van der Waals surface area contributed by atoms with Crippen LogP contribution in [0.25, 0.3) is 0 Å². The molecule has 0 spiro atoms. The van der Waals surface area contributed by atoms with Gasteiger partial charge in [0.05, 0.1) is 0 Å². The third-order valence-corrected chi connectivity index (χ3v) is 4.70. The maximum Gasteiger partial charge on any atom is 0.407 e. The zero-order chi connectivity index (χ0) is 17.0. The van der Waals surface area contributed by atoms with Crippen molar-refractivity contribution in [2.24, 2.45) is 0 Å². The molecule has 1 aromatic carbocycles. The van der Waals surface area contributed by atoms with Gasteiger partial charge < -0.3 is 15.0 Å². The summed E-state index contributed by atoms with van der Waals surface area (Å²) in [7, 11) is 0. The van der Waals surface area contributed by atoms with E-state index in [1.54, 1.807) is 0 Å². The number of hydrogen-bond acceptors (Lipinski definition) is 3. The monoisotopic (exact) mass is 332 g/mol. The first-order valence-corrected chi connectivity index (χ1v) is 9.47. The second-order valence-corrected chi connectivity index (χ2v) is 6.74. The fourth-order valence-corrected chi connectivity index (χ4v) is 3.17. The molecular weight excluding hydrogens is 300 g/mol. The van der Waals surface area contributed by atoms with E-state index >= 15 is 0 Å². The molecule has 1 heterocycles. The van der Waals surface area contributed by atoms with Crippen molar-refractivity contribution in [3.8, 4) is 0 Å². The topological polar surface area (TPSA) is 41.6 Å². The number of rotatable bonds is 9. The summed E-state index contributed by atoms with van der Waals surface area (Å²) < 4.78 is 5.30. The molecule has 1 fully saturated rings. The Morgan fingerprint density at radius 1 is 1.12 bits per heavy atom. The lowest BCUT2D eigenvalue weighted by molar-refractivity contribution is 0.126. The molecule has 1 aromatic rings. The van der Waals surface area contributed by atoms with Crippen LogP contribution >= 0.6 is 0 Å². The largest absolute Gasteiger partial charge is 0.445 e. The smallest absolute Gasteiger partial charge is 0.407 e. The molecule has 1 aliphatic rings. The number of nitrogens with one attached hydrogen (secondary N) is 1. The van der Waals surface area contributed by atoms with Crippen molar-refractivity contribution in [3.05, 3.63) is 35.9 Å². The molecule has 0 bridgehead atoms. The predicted octanol–water partition coefficient (Wildman–Crippen LogP) is 4.35. The standard InChI is InChI=1S/C20H32N2O2/c1-2-3-4-5-9-14-22-15-12-19(13-16-22)21-20(23)24-17-18-10-7-6-8-11-18/h6-8,10-11,19H,2-5,9,12-17H2,1H3,(H,21,23). The van der Waals surface area contributed by atoms with E-state index in [4.69, 9.17) is 4.74 Å². The van der Waals surface area contributed by atoms with Crippen LogP contribution in [0, 0.1) is 0 Å². The van der Waals surface area contributed by atoms with Gasteiger partial charge in [-0.2, -0.15) is 0 Å². The van der Waals surface area contributed by atoms with Crippen molar-refractivity contribution in [2.75, 3.05) is 19.6 Å². The quantitative estimate of drug-likeness (QED) is 0.684. The molecule has 1 aliphatic heterocycles. The molecule has 0 saturated carbocycles. The number of nitrogens with zero attached hydrogens (tertiary/aromatic N) is 1. The highest BCUT2D eigenvalue weighted by molar-refractivity contribution is 5.67. The minimum atomic E-state index is -0.295. The summed E-state index contributed by atoms with van der Waals surface area (Å²) in [6.07, 6.45) is 8.42. The van der Waals surface area contributed by atoms with Crippen LogP contribution in [-0.4, -0.2) is 36.7 Å². The average Bonchev–Trinajstić information content (AvgIpc) is 2.62. The van der Waals surface area contributed by atoms with E-state index in [2.05, 4.69) is 17.1 Å². The van der Waals surface area contributed by atoms with Crippen LogP contribution in [0.2, 0.25) is 0 Å². The van der Waals surface area contributed by atoms with E-state index in [0.29, 0.717) is 6.61 Å². The minimum Gasteiger partial charge on any atom is -0.445 e. The van der Waals surface area contributed by atoms with E-state index in [1.807, 2.05) is 30.3 Å². The summed E-state index contributed by atoms with van der Waals surface area (Å²) >= 11 is 0. The normalized spacial score (nSPS) is 16.0. The van der Waals surface area contributed by atoms with Gasteiger partial charge in [0.25, 0.3) is 0 Å². The molecule has 4 heteroatoms. The second kappa shape index (κ2) is 11.1.